The van der Waals surface area contributed by atoms with Crippen molar-refractivity contribution in [3.63, 3.8) is 0 Å². The predicted molar refractivity (Wildman–Crippen MR) is 186 cm³/mol. The molecule has 0 radical (unpaired) electrons. The van der Waals surface area contributed by atoms with Gasteiger partial charge < -0.3 is 29.2 Å². The molecule has 1 saturated heterocycles. The molecule has 48 heavy (non-hydrogen) atoms. The van der Waals surface area contributed by atoms with E-state index in [0.29, 0.717) is 24.9 Å². The Balaban J connectivity index is 2.12. The number of aliphatic hydroxyl groups is 2. The summed E-state index contributed by atoms with van der Waals surface area (Å²) in [6.07, 6.45) is 13.7. The molecule has 9 heteroatoms. The van der Waals surface area contributed by atoms with Crippen LogP contribution in [0, 0.1) is 5.41 Å². The first-order chi connectivity index (χ1) is 23.0. The van der Waals surface area contributed by atoms with Crippen LogP contribution in [0.2, 0.25) is 0 Å². The van der Waals surface area contributed by atoms with Crippen molar-refractivity contribution in [2.75, 3.05) is 7.11 Å². The van der Waals surface area contributed by atoms with E-state index in [1.165, 1.54) is 70.3 Å². The molecule has 0 spiro atoms. The Labute approximate surface area is 288 Å². The van der Waals surface area contributed by atoms with E-state index in [9.17, 15) is 24.6 Å². The third-order valence-corrected chi connectivity index (χ3v) is 9.16. The second-order valence-electron chi connectivity index (χ2n) is 13.6. The SMILES string of the molecule is CCCCCCCCCCCCCC(=O)O[C@H]1/C(=C/C(=O)OC)C[C@@H](C[C@@H](O)[C@@H](C)OCc2ccccc2)O[C@@]1(O)C(C)(C)/C=C/C=O. The minimum absolute atomic E-state index is 0.0592. The monoisotopic (exact) mass is 672 g/mol. The van der Waals surface area contributed by atoms with Gasteiger partial charge in [0.15, 0.2) is 6.10 Å². The van der Waals surface area contributed by atoms with Crippen LogP contribution >= 0.6 is 0 Å². The second-order valence-corrected chi connectivity index (χ2v) is 13.6. The zero-order valence-electron chi connectivity index (χ0n) is 29.9. The summed E-state index contributed by atoms with van der Waals surface area (Å²) in [6.45, 7) is 7.59. The molecule has 270 valence electrons. The predicted octanol–water partition coefficient (Wildman–Crippen LogP) is 7.31. The van der Waals surface area contributed by atoms with Gasteiger partial charge in [-0.05, 0) is 37.0 Å². The Hall–Kier alpha value is -2.85. The Bertz CT molecular complexity index is 1150. The van der Waals surface area contributed by atoms with Gasteiger partial charge in [0.05, 0.1) is 32.0 Å². The smallest absolute Gasteiger partial charge is 0.330 e. The molecule has 2 N–H and O–H groups in total. The maximum Gasteiger partial charge on any atom is 0.330 e. The van der Waals surface area contributed by atoms with Gasteiger partial charge in [-0.25, -0.2) is 4.79 Å². The Morgan fingerprint density at radius 2 is 1.62 bits per heavy atom. The van der Waals surface area contributed by atoms with E-state index in [0.717, 1.165) is 24.8 Å². The van der Waals surface area contributed by atoms with Crippen molar-refractivity contribution in [3.8, 4) is 0 Å². The molecule has 0 saturated carbocycles. The number of carbonyl (C=O) groups excluding carboxylic acids is 3. The van der Waals surface area contributed by atoms with E-state index in [1.807, 2.05) is 30.3 Å². The van der Waals surface area contributed by atoms with Gasteiger partial charge >= 0.3 is 11.9 Å². The quantitative estimate of drug-likeness (QED) is 0.0532. The van der Waals surface area contributed by atoms with Crippen LogP contribution in [0.25, 0.3) is 0 Å². The van der Waals surface area contributed by atoms with Crippen LogP contribution in [0.15, 0.2) is 54.1 Å². The standard InChI is InChI=1S/C39H60O9/c1-6-7-8-9-10-11-12-13-14-15-19-23-35(42)47-37-32(27-36(43)45-5)26-33(48-39(37,44)38(3,4)24-20-25-40)28-34(41)30(2)46-29-31-21-17-16-18-22-31/h16-18,20-22,24-25,27,30,33-34,37,41,44H,6-15,19,23,26,28-29H2,1-5H3/b24-20+,32-27+/t30-,33+,34-,37+,39-/m1/s1. The molecule has 1 heterocycles. The molecule has 0 aliphatic carbocycles. The van der Waals surface area contributed by atoms with Crippen molar-refractivity contribution in [2.24, 2.45) is 5.41 Å². The zero-order valence-corrected chi connectivity index (χ0v) is 29.9. The lowest BCUT2D eigenvalue weighted by atomic mass is 9.74. The Morgan fingerprint density at radius 1 is 1.02 bits per heavy atom. The van der Waals surface area contributed by atoms with E-state index in [-0.39, 0.29) is 19.3 Å². The molecule has 5 atom stereocenters. The van der Waals surface area contributed by atoms with Crippen LogP contribution in [0.3, 0.4) is 0 Å². The van der Waals surface area contributed by atoms with E-state index in [1.54, 1.807) is 20.8 Å². The molecule has 1 aromatic carbocycles. The minimum Gasteiger partial charge on any atom is -0.466 e. The van der Waals surface area contributed by atoms with Crippen molar-refractivity contribution >= 4 is 18.2 Å². The first-order valence-corrected chi connectivity index (χ1v) is 17.8. The van der Waals surface area contributed by atoms with Crippen molar-refractivity contribution < 1.29 is 43.5 Å². The number of rotatable bonds is 23. The number of carbonyl (C=O) groups is 3. The number of allylic oxidation sites excluding steroid dienone is 1. The van der Waals surface area contributed by atoms with E-state index in [2.05, 4.69) is 6.92 Å². The highest BCUT2D eigenvalue weighted by molar-refractivity contribution is 5.83. The maximum absolute atomic E-state index is 13.2. The molecular formula is C39H60O9. The van der Waals surface area contributed by atoms with Gasteiger partial charge in [0.1, 0.15) is 6.29 Å². The van der Waals surface area contributed by atoms with Gasteiger partial charge in [-0.3, -0.25) is 9.59 Å². The molecule has 1 fully saturated rings. The summed E-state index contributed by atoms with van der Waals surface area (Å²) < 4.78 is 23.0. The maximum atomic E-state index is 13.2. The topological polar surface area (TPSA) is 129 Å². The molecule has 1 aliphatic rings. The largest absolute Gasteiger partial charge is 0.466 e. The van der Waals surface area contributed by atoms with Gasteiger partial charge in [0, 0.05) is 24.3 Å². The normalized spacial score (nSPS) is 22.0. The van der Waals surface area contributed by atoms with E-state index >= 15 is 0 Å². The first kappa shape index (κ1) is 41.3. The van der Waals surface area contributed by atoms with Gasteiger partial charge in [-0.2, -0.15) is 0 Å². The highest BCUT2D eigenvalue weighted by Crippen LogP contribution is 2.46. The lowest BCUT2D eigenvalue weighted by Crippen LogP contribution is -2.62. The van der Waals surface area contributed by atoms with Crippen LogP contribution in [0.4, 0.5) is 0 Å². The van der Waals surface area contributed by atoms with Crippen LogP contribution < -0.4 is 0 Å². The van der Waals surface area contributed by atoms with Crippen LogP contribution in [0.5, 0.6) is 0 Å². The highest BCUT2D eigenvalue weighted by Gasteiger charge is 2.57. The average molecular weight is 673 g/mol. The second kappa shape index (κ2) is 22.0. The highest BCUT2D eigenvalue weighted by atomic mass is 16.7. The van der Waals surface area contributed by atoms with Crippen molar-refractivity contribution in [1.29, 1.82) is 0 Å². The fourth-order valence-corrected chi connectivity index (χ4v) is 6.00. The number of ether oxygens (including phenoxy) is 4. The fourth-order valence-electron chi connectivity index (χ4n) is 6.00. The van der Waals surface area contributed by atoms with E-state index < -0.39 is 47.6 Å². The molecule has 9 nitrogen and oxygen atoms in total. The number of unbranched alkanes of at least 4 members (excludes halogenated alkanes) is 10. The van der Waals surface area contributed by atoms with Gasteiger partial charge in [0.2, 0.25) is 5.79 Å². The van der Waals surface area contributed by atoms with Crippen LogP contribution in [-0.4, -0.2) is 65.8 Å². The average Bonchev–Trinajstić information content (AvgIpc) is 3.07. The summed E-state index contributed by atoms with van der Waals surface area (Å²) in [5.41, 5.74) is -0.000821. The Kier molecular flexibility index (Phi) is 18.9. The molecule has 2 rings (SSSR count). The molecule has 0 aromatic heterocycles. The van der Waals surface area contributed by atoms with Crippen molar-refractivity contribution in [3.05, 3.63) is 59.7 Å². The van der Waals surface area contributed by atoms with Gasteiger partial charge in [0.25, 0.3) is 0 Å². The summed E-state index contributed by atoms with van der Waals surface area (Å²) in [4.78, 5) is 36.9. The van der Waals surface area contributed by atoms with Crippen LogP contribution in [-0.2, 0) is 39.9 Å². The number of aldehydes is 1. The molecule has 0 unspecified atom stereocenters. The van der Waals surface area contributed by atoms with E-state index in [4.69, 9.17) is 18.9 Å². The lowest BCUT2D eigenvalue weighted by Gasteiger charge is -2.50. The fraction of sp³-hybridized carbons (Fsp3) is 0.667. The summed E-state index contributed by atoms with van der Waals surface area (Å²) in [5.74, 6) is -3.39. The number of methoxy groups -OCH3 is 1. The summed E-state index contributed by atoms with van der Waals surface area (Å²) in [7, 11) is 1.24. The van der Waals surface area contributed by atoms with Crippen molar-refractivity contribution in [2.45, 2.75) is 154 Å². The zero-order chi connectivity index (χ0) is 35.4. The molecule has 0 bridgehead atoms. The van der Waals surface area contributed by atoms with Crippen molar-refractivity contribution in [1.82, 2.24) is 0 Å². The summed E-state index contributed by atoms with van der Waals surface area (Å²) in [6, 6.07) is 9.60. The molecule has 1 aliphatic heterocycles. The number of benzene rings is 1. The van der Waals surface area contributed by atoms with Crippen LogP contribution in [0.1, 0.15) is 123 Å². The number of aliphatic hydroxyl groups excluding tert-OH is 1. The molecule has 1 aromatic rings. The number of esters is 2. The third-order valence-electron chi connectivity index (χ3n) is 9.16. The first-order valence-electron chi connectivity index (χ1n) is 17.8. The number of hydrogen-bond acceptors (Lipinski definition) is 9. The van der Waals surface area contributed by atoms with Gasteiger partial charge in [-0.1, -0.05) is 121 Å². The Morgan fingerprint density at radius 3 is 2.21 bits per heavy atom. The summed E-state index contributed by atoms with van der Waals surface area (Å²) in [5, 5.41) is 23.3. The molecule has 0 amide bonds. The minimum atomic E-state index is -2.18. The van der Waals surface area contributed by atoms with Gasteiger partial charge in [-0.15, -0.1) is 0 Å². The summed E-state index contributed by atoms with van der Waals surface area (Å²) >= 11 is 0. The molecular weight excluding hydrogens is 612 g/mol. The lowest BCUT2D eigenvalue weighted by molar-refractivity contribution is -0.327. The number of hydrogen-bond donors (Lipinski definition) is 2. The third kappa shape index (κ3) is 13.9.